The van der Waals surface area contributed by atoms with E-state index in [4.69, 9.17) is 0 Å². The molecule has 1 fully saturated rings. The Labute approximate surface area is 81.3 Å². The average Bonchev–Trinajstić information content (AvgIpc) is 2.49. The van der Waals surface area contributed by atoms with E-state index in [-0.39, 0.29) is 12.1 Å². The van der Waals surface area contributed by atoms with Crippen LogP contribution in [0.15, 0.2) is 0 Å². The van der Waals surface area contributed by atoms with E-state index < -0.39 is 0 Å². The summed E-state index contributed by atoms with van der Waals surface area (Å²) in [5, 5.41) is 9.42. The lowest BCUT2D eigenvalue weighted by molar-refractivity contribution is 0.0709. The zero-order chi connectivity index (χ0) is 10.1. The summed E-state index contributed by atoms with van der Waals surface area (Å²) in [5.41, 5.74) is 0.00424. The van der Waals surface area contributed by atoms with Gasteiger partial charge in [0.15, 0.2) is 0 Å². The molecular weight excluding hydrogens is 164 g/mol. The van der Waals surface area contributed by atoms with E-state index in [2.05, 4.69) is 37.7 Å². The molecule has 0 radical (unpaired) electrons. The van der Waals surface area contributed by atoms with Crippen LogP contribution in [-0.2, 0) is 0 Å². The van der Waals surface area contributed by atoms with Crippen LogP contribution >= 0.6 is 0 Å². The van der Waals surface area contributed by atoms with Gasteiger partial charge in [0, 0.05) is 19.1 Å². The molecule has 1 saturated heterocycles. The fourth-order valence-corrected chi connectivity index (χ4v) is 1.96. The molecule has 0 aliphatic carbocycles. The summed E-state index contributed by atoms with van der Waals surface area (Å²) in [7, 11) is 4.11. The molecule has 3 heteroatoms. The molecule has 3 nitrogen and oxygen atoms in total. The van der Waals surface area contributed by atoms with Crippen LogP contribution in [0.4, 0.5) is 0 Å². The number of rotatable bonds is 3. The Kier molecular flexibility index (Phi) is 3.33. The molecule has 1 heterocycles. The minimum atomic E-state index is 0.00424. The molecule has 78 valence electrons. The van der Waals surface area contributed by atoms with E-state index in [1.54, 1.807) is 0 Å². The Morgan fingerprint density at radius 1 is 1.46 bits per heavy atom. The Bertz CT molecular complexity index is 170. The maximum atomic E-state index is 9.42. The van der Waals surface area contributed by atoms with E-state index in [0.29, 0.717) is 6.04 Å². The monoisotopic (exact) mass is 186 g/mol. The second kappa shape index (κ2) is 3.95. The molecule has 1 atom stereocenters. The summed E-state index contributed by atoms with van der Waals surface area (Å²) in [5.74, 6) is 0. The average molecular weight is 186 g/mol. The third-order valence-corrected chi connectivity index (χ3v) is 3.34. The van der Waals surface area contributed by atoms with Gasteiger partial charge in [-0.1, -0.05) is 0 Å². The SMILES string of the molecule is CC(C)N1CCC(CO)(N(C)C)C1. The lowest BCUT2D eigenvalue weighted by atomic mass is 9.98. The molecule has 0 aromatic rings. The Morgan fingerprint density at radius 2 is 2.08 bits per heavy atom. The molecule has 1 unspecified atom stereocenters. The van der Waals surface area contributed by atoms with E-state index in [1.807, 2.05) is 0 Å². The minimum Gasteiger partial charge on any atom is -0.394 e. The highest BCUT2D eigenvalue weighted by atomic mass is 16.3. The van der Waals surface area contributed by atoms with Crippen molar-refractivity contribution in [3.63, 3.8) is 0 Å². The number of likely N-dealkylation sites (tertiary alicyclic amines) is 1. The predicted octanol–water partition coefficient (Wildman–Crippen LogP) is 0.393. The maximum Gasteiger partial charge on any atom is 0.0628 e. The lowest BCUT2D eigenvalue weighted by Crippen LogP contribution is -2.50. The van der Waals surface area contributed by atoms with Crippen LogP contribution in [0.5, 0.6) is 0 Å². The fraction of sp³-hybridized carbons (Fsp3) is 1.00. The Morgan fingerprint density at radius 3 is 2.31 bits per heavy atom. The Balaban J connectivity index is 2.63. The van der Waals surface area contributed by atoms with Crippen LogP contribution in [0.1, 0.15) is 20.3 Å². The van der Waals surface area contributed by atoms with Gasteiger partial charge in [-0.2, -0.15) is 0 Å². The van der Waals surface area contributed by atoms with Crippen molar-refractivity contribution >= 4 is 0 Å². The van der Waals surface area contributed by atoms with Crippen LogP contribution in [0.3, 0.4) is 0 Å². The number of aliphatic hydroxyl groups is 1. The molecule has 1 aliphatic rings. The quantitative estimate of drug-likeness (QED) is 0.691. The van der Waals surface area contributed by atoms with Crippen LogP contribution in [0.25, 0.3) is 0 Å². The first-order valence-corrected chi connectivity index (χ1v) is 5.04. The van der Waals surface area contributed by atoms with Gasteiger partial charge in [0.25, 0.3) is 0 Å². The van der Waals surface area contributed by atoms with E-state index in [0.717, 1.165) is 19.5 Å². The van der Waals surface area contributed by atoms with Crippen molar-refractivity contribution in [1.29, 1.82) is 0 Å². The Hall–Kier alpha value is -0.120. The highest BCUT2D eigenvalue weighted by molar-refractivity contribution is 4.97. The molecule has 0 spiro atoms. The lowest BCUT2D eigenvalue weighted by Gasteiger charge is -2.35. The number of aliphatic hydroxyl groups excluding tert-OH is 1. The largest absolute Gasteiger partial charge is 0.394 e. The van der Waals surface area contributed by atoms with Crippen LogP contribution in [0.2, 0.25) is 0 Å². The zero-order valence-electron chi connectivity index (χ0n) is 9.25. The third kappa shape index (κ3) is 2.03. The number of hydrogen-bond donors (Lipinski definition) is 1. The van der Waals surface area contributed by atoms with E-state index >= 15 is 0 Å². The van der Waals surface area contributed by atoms with Crippen LogP contribution < -0.4 is 0 Å². The molecule has 1 N–H and O–H groups in total. The molecule has 0 bridgehead atoms. The highest BCUT2D eigenvalue weighted by Gasteiger charge is 2.39. The first kappa shape index (κ1) is 11.0. The molecule has 0 aromatic heterocycles. The van der Waals surface area contributed by atoms with Crippen molar-refractivity contribution in [2.45, 2.75) is 31.8 Å². The van der Waals surface area contributed by atoms with Crippen molar-refractivity contribution in [3.8, 4) is 0 Å². The van der Waals surface area contributed by atoms with Gasteiger partial charge >= 0.3 is 0 Å². The highest BCUT2D eigenvalue weighted by Crippen LogP contribution is 2.26. The van der Waals surface area contributed by atoms with Gasteiger partial charge in [-0.25, -0.2) is 0 Å². The third-order valence-electron chi connectivity index (χ3n) is 3.34. The van der Waals surface area contributed by atoms with Crippen molar-refractivity contribution in [2.75, 3.05) is 33.8 Å². The molecule has 0 saturated carbocycles. The summed E-state index contributed by atoms with van der Waals surface area (Å²) in [4.78, 5) is 4.59. The van der Waals surface area contributed by atoms with Crippen molar-refractivity contribution in [1.82, 2.24) is 9.80 Å². The summed E-state index contributed by atoms with van der Waals surface area (Å²) in [6, 6.07) is 0.591. The normalized spacial score (nSPS) is 30.7. The second-order valence-electron chi connectivity index (χ2n) is 4.59. The van der Waals surface area contributed by atoms with Gasteiger partial charge in [-0.15, -0.1) is 0 Å². The first-order valence-electron chi connectivity index (χ1n) is 5.04. The predicted molar refractivity (Wildman–Crippen MR) is 54.8 cm³/mol. The molecule has 0 aromatic carbocycles. The summed E-state index contributed by atoms with van der Waals surface area (Å²) in [6.07, 6.45) is 1.08. The number of hydrogen-bond acceptors (Lipinski definition) is 3. The molecule has 13 heavy (non-hydrogen) atoms. The summed E-state index contributed by atoms with van der Waals surface area (Å²) in [6.45, 7) is 6.79. The van der Waals surface area contributed by atoms with Gasteiger partial charge in [-0.05, 0) is 34.4 Å². The van der Waals surface area contributed by atoms with Gasteiger partial charge in [0.2, 0.25) is 0 Å². The van der Waals surface area contributed by atoms with Gasteiger partial charge in [0.1, 0.15) is 0 Å². The topological polar surface area (TPSA) is 26.7 Å². The van der Waals surface area contributed by atoms with E-state index in [1.165, 1.54) is 0 Å². The zero-order valence-corrected chi connectivity index (χ0v) is 9.25. The van der Waals surface area contributed by atoms with E-state index in [9.17, 15) is 5.11 Å². The van der Waals surface area contributed by atoms with Gasteiger partial charge in [0.05, 0.1) is 12.1 Å². The number of likely N-dealkylation sites (N-methyl/N-ethyl adjacent to an activating group) is 1. The van der Waals surface area contributed by atoms with Crippen molar-refractivity contribution in [2.24, 2.45) is 0 Å². The molecule has 1 aliphatic heterocycles. The molecule has 0 amide bonds. The summed E-state index contributed by atoms with van der Waals surface area (Å²) < 4.78 is 0. The first-order chi connectivity index (χ1) is 6.02. The van der Waals surface area contributed by atoms with Crippen molar-refractivity contribution < 1.29 is 5.11 Å². The smallest absolute Gasteiger partial charge is 0.0628 e. The van der Waals surface area contributed by atoms with Gasteiger partial charge in [-0.3, -0.25) is 4.90 Å². The maximum absolute atomic E-state index is 9.42. The minimum absolute atomic E-state index is 0.00424. The molecular formula is C10H22N2O. The van der Waals surface area contributed by atoms with Gasteiger partial charge < -0.3 is 10.0 Å². The summed E-state index contributed by atoms with van der Waals surface area (Å²) >= 11 is 0. The molecule has 1 rings (SSSR count). The van der Waals surface area contributed by atoms with Crippen molar-refractivity contribution in [3.05, 3.63) is 0 Å². The number of nitrogens with zero attached hydrogens (tertiary/aromatic N) is 2. The van der Waals surface area contributed by atoms with Crippen LogP contribution in [-0.4, -0.2) is 60.3 Å². The second-order valence-corrected chi connectivity index (χ2v) is 4.59. The van der Waals surface area contributed by atoms with Crippen LogP contribution in [0, 0.1) is 0 Å². The standard InChI is InChI=1S/C10H22N2O/c1-9(2)12-6-5-10(7-12,8-13)11(3)4/h9,13H,5-8H2,1-4H3. The fourth-order valence-electron chi connectivity index (χ4n) is 1.96.